The van der Waals surface area contributed by atoms with Crippen molar-refractivity contribution in [1.29, 1.82) is 0 Å². The predicted octanol–water partition coefficient (Wildman–Crippen LogP) is 4.43. The van der Waals surface area contributed by atoms with Gasteiger partial charge >= 0.3 is 0 Å². The van der Waals surface area contributed by atoms with Crippen LogP contribution in [0.1, 0.15) is 26.3 Å². The molecule has 3 rings (SSSR count). The van der Waals surface area contributed by atoms with Crippen LogP contribution in [0.4, 0.5) is 5.13 Å². The number of anilines is 1. The number of nitrogens with one attached hydrogen (secondary N) is 1. The topological polar surface area (TPSA) is 54.6 Å². The van der Waals surface area contributed by atoms with Gasteiger partial charge in [-0.15, -0.1) is 0 Å². The normalized spacial score (nSPS) is 12.2. The van der Waals surface area contributed by atoms with E-state index in [2.05, 4.69) is 50.8 Å². The summed E-state index contributed by atoms with van der Waals surface area (Å²) in [6.07, 6.45) is 14.3. The molecule has 5 nitrogen and oxygen atoms in total. The van der Waals surface area contributed by atoms with Crippen LogP contribution in [0.25, 0.3) is 16.1 Å². The van der Waals surface area contributed by atoms with Crippen LogP contribution in [0.2, 0.25) is 0 Å². The molecule has 0 atom stereocenters. The van der Waals surface area contributed by atoms with Crippen LogP contribution in [0.3, 0.4) is 0 Å². The Balaban J connectivity index is 1.94. The maximum absolute atomic E-state index is 4.47. The molecule has 0 aliphatic carbocycles. The number of allylic oxidation sites excluding steroid dienone is 1. The summed E-state index contributed by atoms with van der Waals surface area (Å²) in [7, 11) is 0. The highest BCUT2D eigenvalue weighted by Crippen LogP contribution is 2.30. The summed E-state index contributed by atoms with van der Waals surface area (Å²) < 4.78 is 2.07. The van der Waals surface area contributed by atoms with E-state index in [1.807, 2.05) is 37.8 Å². The summed E-state index contributed by atoms with van der Waals surface area (Å²) in [4.78, 5) is 14.2. The Kier molecular flexibility index (Phi) is 5.05. The number of pyridine rings is 1. The van der Waals surface area contributed by atoms with E-state index in [4.69, 9.17) is 0 Å². The lowest BCUT2D eigenvalue weighted by atomic mass is 10.1. The minimum Gasteiger partial charge on any atom is -0.359 e. The Hall–Kier alpha value is -2.47. The van der Waals surface area contributed by atoms with Crippen molar-refractivity contribution in [2.75, 3.05) is 5.32 Å². The van der Waals surface area contributed by atoms with Crippen molar-refractivity contribution >= 4 is 28.3 Å². The second kappa shape index (κ2) is 7.40. The third-order valence-corrected chi connectivity index (χ3v) is 4.42. The molecule has 0 saturated carbocycles. The van der Waals surface area contributed by atoms with Gasteiger partial charge in [0.1, 0.15) is 5.65 Å². The van der Waals surface area contributed by atoms with Gasteiger partial charge in [0.15, 0.2) is 5.13 Å². The quantitative estimate of drug-likeness (QED) is 0.676. The zero-order valence-corrected chi connectivity index (χ0v) is 14.9. The van der Waals surface area contributed by atoms with Gasteiger partial charge in [-0.3, -0.25) is 4.99 Å². The van der Waals surface area contributed by atoms with Crippen molar-refractivity contribution in [2.45, 2.75) is 33.2 Å². The number of hydrogen-bond acceptors (Lipinski definition) is 5. The summed E-state index contributed by atoms with van der Waals surface area (Å²) in [5.41, 5.74) is 3.30. The van der Waals surface area contributed by atoms with Crippen molar-refractivity contribution in [2.24, 2.45) is 4.99 Å². The fourth-order valence-corrected chi connectivity index (χ4v) is 3.38. The lowest BCUT2D eigenvalue weighted by Gasteiger charge is -2.06. The maximum Gasteiger partial charge on any atom is 0.183 e. The number of rotatable bonds is 6. The lowest BCUT2D eigenvalue weighted by molar-refractivity contribution is 0.896. The van der Waals surface area contributed by atoms with Crippen molar-refractivity contribution in [3.05, 3.63) is 48.7 Å². The number of aliphatic imine (C=N–C) groups is 1. The van der Waals surface area contributed by atoms with Gasteiger partial charge in [-0.1, -0.05) is 17.4 Å². The number of aromatic nitrogens is 3. The second-order valence-electron chi connectivity index (χ2n) is 5.74. The second-order valence-corrected chi connectivity index (χ2v) is 6.77. The highest BCUT2D eigenvalue weighted by Gasteiger charge is 2.10. The van der Waals surface area contributed by atoms with E-state index in [9.17, 15) is 0 Å². The van der Waals surface area contributed by atoms with Crippen LogP contribution in [-0.2, 0) is 6.42 Å². The average Bonchev–Trinajstić information content (AvgIpc) is 3.19. The number of imidazole rings is 1. The Morgan fingerprint density at radius 1 is 1.38 bits per heavy atom. The van der Waals surface area contributed by atoms with Crippen molar-refractivity contribution in [1.82, 2.24) is 14.4 Å². The van der Waals surface area contributed by atoms with Crippen LogP contribution in [-0.4, -0.2) is 26.6 Å². The zero-order valence-electron chi connectivity index (χ0n) is 14.1. The van der Waals surface area contributed by atoms with Crippen LogP contribution in [0.15, 0.2) is 48.1 Å². The van der Waals surface area contributed by atoms with Gasteiger partial charge in [-0.2, -0.15) is 0 Å². The molecule has 0 fully saturated rings. The molecule has 0 saturated heterocycles. The third kappa shape index (κ3) is 3.71. The van der Waals surface area contributed by atoms with Crippen LogP contribution >= 0.6 is 11.3 Å². The molecule has 3 aromatic heterocycles. The summed E-state index contributed by atoms with van der Waals surface area (Å²) >= 11 is 1.67. The number of hydrogen-bond donors (Lipinski definition) is 1. The number of nitrogens with zero attached hydrogens (tertiary/aromatic N) is 4. The van der Waals surface area contributed by atoms with E-state index < -0.39 is 0 Å². The Labute approximate surface area is 145 Å². The summed E-state index contributed by atoms with van der Waals surface area (Å²) in [6.45, 7) is 6.13. The van der Waals surface area contributed by atoms with E-state index >= 15 is 0 Å². The molecule has 0 aliphatic heterocycles. The van der Waals surface area contributed by atoms with Gasteiger partial charge in [-0.05, 0) is 38.8 Å². The minimum atomic E-state index is 0.375. The fourth-order valence-electron chi connectivity index (χ4n) is 2.44. The van der Waals surface area contributed by atoms with Crippen LogP contribution in [0.5, 0.6) is 0 Å². The molecule has 6 heteroatoms. The molecule has 0 aromatic carbocycles. The minimum absolute atomic E-state index is 0.375. The Bertz CT molecular complexity index is 873. The highest BCUT2D eigenvalue weighted by molar-refractivity contribution is 7.18. The largest absolute Gasteiger partial charge is 0.359 e. The first-order valence-electron chi connectivity index (χ1n) is 7.98. The first-order valence-corrected chi connectivity index (χ1v) is 8.80. The molecule has 1 N–H and O–H groups in total. The van der Waals surface area contributed by atoms with Crippen LogP contribution < -0.4 is 5.32 Å². The number of fused-ring (bicyclic) bond motifs is 1. The van der Waals surface area contributed by atoms with E-state index in [0.717, 1.165) is 27.6 Å². The standard InChI is InChI=1S/C18H21N5S/c1-4-19-7-5-6-14-10-15(12-23-9-8-20-17(14)23)16-11-21-18(24-16)22-13(2)3/h4-5,7-13H,6H2,1-3H3,(H,21,22)/b7-5-,19-4?. The summed E-state index contributed by atoms with van der Waals surface area (Å²) in [6, 6.07) is 2.56. The van der Waals surface area contributed by atoms with Crippen molar-refractivity contribution < 1.29 is 0 Å². The van der Waals surface area contributed by atoms with E-state index in [1.165, 1.54) is 5.56 Å². The predicted molar refractivity (Wildman–Crippen MR) is 102 cm³/mol. The molecular weight excluding hydrogens is 318 g/mol. The molecule has 24 heavy (non-hydrogen) atoms. The smallest absolute Gasteiger partial charge is 0.183 e. The maximum atomic E-state index is 4.47. The molecule has 124 valence electrons. The van der Waals surface area contributed by atoms with Crippen molar-refractivity contribution in [3.8, 4) is 10.4 Å². The summed E-state index contributed by atoms with van der Waals surface area (Å²) in [5, 5.41) is 4.30. The SMILES string of the molecule is CC=N/C=C\Cc1cc(-c2cnc(NC(C)C)s2)cn2ccnc12. The number of thiazole rings is 1. The van der Waals surface area contributed by atoms with Crippen molar-refractivity contribution in [3.63, 3.8) is 0 Å². The van der Waals surface area contributed by atoms with E-state index in [0.29, 0.717) is 6.04 Å². The first-order chi connectivity index (χ1) is 11.7. The molecule has 3 aromatic rings. The van der Waals surface area contributed by atoms with Gasteiger partial charge in [-0.25, -0.2) is 9.97 Å². The van der Waals surface area contributed by atoms with Gasteiger partial charge in [0.25, 0.3) is 0 Å². The molecule has 0 spiro atoms. The Morgan fingerprint density at radius 2 is 2.25 bits per heavy atom. The molecule has 0 unspecified atom stereocenters. The third-order valence-electron chi connectivity index (χ3n) is 3.44. The molecule has 3 heterocycles. The lowest BCUT2D eigenvalue weighted by Crippen LogP contribution is -2.08. The van der Waals surface area contributed by atoms with Crippen LogP contribution in [0, 0.1) is 0 Å². The molecule has 0 bridgehead atoms. The van der Waals surface area contributed by atoms with E-state index in [-0.39, 0.29) is 0 Å². The zero-order chi connectivity index (χ0) is 16.9. The molecular formula is C18H21N5S. The van der Waals surface area contributed by atoms with Gasteiger partial charge in [0.05, 0.1) is 4.88 Å². The first kappa shape index (κ1) is 16.4. The molecule has 0 radical (unpaired) electrons. The van der Waals surface area contributed by atoms with E-state index in [1.54, 1.807) is 17.6 Å². The molecule has 0 amide bonds. The van der Waals surface area contributed by atoms with Gasteiger partial charge in [0.2, 0.25) is 0 Å². The van der Waals surface area contributed by atoms with Gasteiger partial charge in [0, 0.05) is 48.8 Å². The highest BCUT2D eigenvalue weighted by atomic mass is 32.1. The average molecular weight is 339 g/mol. The van der Waals surface area contributed by atoms with Gasteiger partial charge < -0.3 is 9.72 Å². The fraction of sp³-hybridized carbons (Fsp3) is 0.278. The monoisotopic (exact) mass is 339 g/mol. The Morgan fingerprint density at radius 3 is 3.04 bits per heavy atom. The summed E-state index contributed by atoms with van der Waals surface area (Å²) in [5.74, 6) is 0. The molecule has 0 aliphatic rings.